The minimum Gasteiger partial charge on any atom is -0.241 e. The van der Waals surface area contributed by atoms with Crippen molar-refractivity contribution in [2.45, 2.75) is 27.2 Å². The van der Waals surface area contributed by atoms with Crippen molar-refractivity contribution in [1.82, 2.24) is 19.9 Å². The predicted molar refractivity (Wildman–Crippen MR) is 61.1 cm³/mol. The van der Waals surface area contributed by atoms with Crippen LogP contribution in [0.25, 0.3) is 0 Å². The van der Waals surface area contributed by atoms with Gasteiger partial charge in [0, 0.05) is 17.6 Å². The van der Waals surface area contributed by atoms with E-state index in [9.17, 15) is 0 Å². The van der Waals surface area contributed by atoms with Crippen LogP contribution in [0.15, 0.2) is 18.3 Å². The van der Waals surface area contributed by atoms with E-state index in [1.54, 1.807) is 6.20 Å². The van der Waals surface area contributed by atoms with Gasteiger partial charge >= 0.3 is 0 Å². The molecule has 0 fully saturated rings. The van der Waals surface area contributed by atoms with Gasteiger partial charge in [-0.15, -0.1) is 0 Å². The maximum Gasteiger partial charge on any atom is 0.134 e. The lowest BCUT2D eigenvalue weighted by molar-refractivity contribution is 0.882. The van der Waals surface area contributed by atoms with E-state index in [2.05, 4.69) is 19.9 Å². The summed E-state index contributed by atoms with van der Waals surface area (Å²) in [5, 5.41) is 0. The molecule has 0 aliphatic carbocycles. The molecular formula is C12H14N4. The maximum absolute atomic E-state index is 4.37. The van der Waals surface area contributed by atoms with E-state index in [-0.39, 0.29) is 0 Å². The molecule has 2 rings (SSSR count). The van der Waals surface area contributed by atoms with Crippen molar-refractivity contribution in [2.24, 2.45) is 0 Å². The molecule has 0 aliphatic rings. The predicted octanol–water partition coefficient (Wildman–Crippen LogP) is 1.78. The highest BCUT2D eigenvalue weighted by Gasteiger charge is 2.03. The summed E-state index contributed by atoms with van der Waals surface area (Å²) in [5.74, 6) is 1.60. The Morgan fingerprint density at radius 1 is 1.00 bits per heavy atom. The molecule has 0 N–H and O–H groups in total. The molecule has 0 saturated carbocycles. The summed E-state index contributed by atoms with van der Waals surface area (Å²) in [4.78, 5) is 17.2. The second-order valence-corrected chi connectivity index (χ2v) is 3.84. The van der Waals surface area contributed by atoms with Gasteiger partial charge in [0.05, 0.1) is 12.1 Å². The van der Waals surface area contributed by atoms with Crippen LogP contribution < -0.4 is 0 Å². The third-order valence-corrected chi connectivity index (χ3v) is 2.20. The van der Waals surface area contributed by atoms with Gasteiger partial charge in [-0.25, -0.2) is 19.9 Å². The van der Waals surface area contributed by atoms with Crippen molar-refractivity contribution >= 4 is 0 Å². The van der Waals surface area contributed by atoms with E-state index in [0.717, 1.165) is 28.7 Å². The number of aryl methyl sites for hydroxylation is 3. The molecular weight excluding hydrogens is 200 g/mol. The molecule has 2 heterocycles. The quantitative estimate of drug-likeness (QED) is 0.764. The number of hydrogen-bond donors (Lipinski definition) is 0. The fourth-order valence-electron chi connectivity index (χ4n) is 1.63. The van der Waals surface area contributed by atoms with E-state index in [0.29, 0.717) is 6.42 Å². The Morgan fingerprint density at radius 2 is 1.81 bits per heavy atom. The van der Waals surface area contributed by atoms with Crippen molar-refractivity contribution in [2.75, 3.05) is 0 Å². The summed E-state index contributed by atoms with van der Waals surface area (Å²) < 4.78 is 0. The molecule has 0 saturated heterocycles. The Kier molecular flexibility index (Phi) is 2.90. The molecule has 0 atom stereocenters. The molecule has 0 unspecified atom stereocenters. The smallest absolute Gasteiger partial charge is 0.134 e. The van der Waals surface area contributed by atoms with Gasteiger partial charge in [-0.2, -0.15) is 0 Å². The Hall–Kier alpha value is -1.84. The highest BCUT2D eigenvalue weighted by Crippen LogP contribution is 2.05. The van der Waals surface area contributed by atoms with Crippen LogP contribution in [0.4, 0.5) is 0 Å². The monoisotopic (exact) mass is 214 g/mol. The van der Waals surface area contributed by atoms with Crippen LogP contribution in [0.5, 0.6) is 0 Å². The molecule has 0 amide bonds. The SMILES string of the molecule is Cc1cc(Cc2nccc(C)n2)nc(C)n1. The summed E-state index contributed by atoms with van der Waals surface area (Å²) in [7, 11) is 0. The van der Waals surface area contributed by atoms with Gasteiger partial charge in [0.25, 0.3) is 0 Å². The van der Waals surface area contributed by atoms with Crippen LogP contribution >= 0.6 is 0 Å². The summed E-state index contributed by atoms with van der Waals surface area (Å²) >= 11 is 0. The molecule has 0 spiro atoms. The molecule has 0 bridgehead atoms. The van der Waals surface area contributed by atoms with Gasteiger partial charge in [0.15, 0.2) is 0 Å². The number of rotatable bonds is 2. The van der Waals surface area contributed by atoms with Gasteiger partial charge in [-0.1, -0.05) is 0 Å². The lowest BCUT2D eigenvalue weighted by atomic mass is 10.2. The summed E-state index contributed by atoms with van der Waals surface area (Å²) in [6.45, 7) is 5.82. The Balaban J connectivity index is 2.27. The van der Waals surface area contributed by atoms with Crippen LogP contribution in [0.3, 0.4) is 0 Å². The van der Waals surface area contributed by atoms with E-state index in [1.165, 1.54) is 0 Å². The number of hydrogen-bond acceptors (Lipinski definition) is 4. The van der Waals surface area contributed by atoms with Crippen LogP contribution in [0.2, 0.25) is 0 Å². The first-order valence-electron chi connectivity index (χ1n) is 5.23. The minimum atomic E-state index is 0.659. The fourth-order valence-corrected chi connectivity index (χ4v) is 1.63. The molecule has 0 aliphatic heterocycles. The average Bonchev–Trinajstić information content (AvgIpc) is 2.15. The number of aromatic nitrogens is 4. The maximum atomic E-state index is 4.37. The van der Waals surface area contributed by atoms with Crippen molar-refractivity contribution in [3.05, 3.63) is 47.1 Å². The second kappa shape index (κ2) is 4.35. The summed E-state index contributed by atoms with van der Waals surface area (Å²) in [6, 6.07) is 3.86. The van der Waals surface area contributed by atoms with Gasteiger partial charge in [-0.05, 0) is 32.9 Å². The Bertz CT molecular complexity index is 488. The Labute approximate surface area is 94.8 Å². The van der Waals surface area contributed by atoms with E-state index < -0.39 is 0 Å². The van der Waals surface area contributed by atoms with Crippen LogP contribution in [-0.4, -0.2) is 19.9 Å². The van der Waals surface area contributed by atoms with Crippen LogP contribution in [0.1, 0.15) is 28.7 Å². The zero-order chi connectivity index (χ0) is 11.5. The van der Waals surface area contributed by atoms with Gasteiger partial charge < -0.3 is 0 Å². The summed E-state index contributed by atoms with van der Waals surface area (Å²) in [5.41, 5.74) is 2.93. The average molecular weight is 214 g/mol. The normalized spacial score (nSPS) is 10.4. The molecule has 4 nitrogen and oxygen atoms in total. The van der Waals surface area contributed by atoms with E-state index >= 15 is 0 Å². The molecule has 2 aromatic heterocycles. The van der Waals surface area contributed by atoms with Gasteiger partial charge in [0.2, 0.25) is 0 Å². The molecule has 2 aromatic rings. The highest BCUT2D eigenvalue weighted by molar-refractivity contribution is 5.14. The molecule has 16 heavy (non-hydrogen) atoms. The zero-order valence-electron chi connectivity index (χ0n) is 9.73. The van der Waals surface area contributed by atoms with Crippen LogP contribution in [-0.2, 0) is 6.42 Å². The third-order valence-electron chi connectivity index (χ3n) is 2.20. The topological polar surface area (TPSA) is 51.6 Å². The zero-order valence-corrected chi connectivity index (χ0v) is 9.73. The van der Waals surface area contributed by atoms with Crippen molar-refractivity contribution < 1.29 is 0 Å². The molecule has 82 valence electrons. The first-order chi connectivity index (χ1) is 7.63. The van der Waals surface area contributed by atoms with E-state index in [4.69, 9.17) is 0 Å². The first kappa shape index (κ1) is 10.7. The van der Waals surface area contributed by atoms with Gasteiger partial charge in [0.1, 0.15) is 11.6 Å². The van der Waals surface area contributed by atoms with E-state index in [1.807, 2.05) is 32.9 Å². The van der Waals surface area contributed by atoms with Crippen LogP contribution in [0, 0.1) is 20.8 Å². The highest BCUT2D eigenvalue weighted by atomic mass is 14.9. The number of nitrogens with zero attached hydrogens (tertiary/aromatic N) is 4. The Morgan fingerprint density at radius 3 is 2.50 bits per heavy atom. The van der Waals surface area contributed by atoms with Crippen molar-refractivity contribution in [1.29, 1.82) is 0 Å². The standard InChI is InChI=1S/C12H14N4/c1-8-4-5-13-12(15-8)7-11-6-9(2)14-10(3)16-11/h4-6H,7H2,1-3H3. The summed E-state index contributed by atoms with van der Waals surface area (Å²) in [6.07, 6.45) is 2.43. The minimum absolute atomic E-state index is 0.659. The van der Waals surface area contributed by atoms with Gasteiger partial charge in [-0.3, -0.25) is 0 Å². The second-order valence-electron chi connectivity index (χ2n) is 3.84. The third kappa shape index (κ3) is 2.59. The fraction of sp³-hybridized carbons (Fsp3) is 0.333. The van der Waals surface area contributed by atoms with Crippen molar-refractivity contribution in [3.63, 3.8) is 0 Å². The lowest BCUT2D eigenvalue weighted by Crippen LogP contribution is -2.02. The molecule has 4 heteroatoms. The largest absolute Gasteiger partial charge is 0.241 e. The van der Waals surface area contributed by atoms with Crippen molar-refractivity contribution in [3.8, 4) is 0 Å². The lowest BCUT2D eigenvalue weighted by Gasteiger charge is -2.03. The molecule has 0 aromatic carbocycles. The molecule has 0 radical (unpaired) electrons. The first-order valence-corrected chi connectivity index (χ1v) is 5.23.